The first-order valence-electron chi connectivity index (χ1n) is 9.96. The molecule has 0 aromatic heterocycles. The normalized spacial score (nSPS) is 13.1. The Bertz CT molecular complexity index is 1530. The van der Waals surface area contributed by atoms with Crippen LogP contribution in [-0.2, 0) is 42.2 Å². The number of hydrogen-bond acceptors (Lipinski definition) is 5. The van der Waals surface area contributed by atoms with E-state index in [4.69, 9.17) is 9.69 Å². The predicted molar refractivity (Wildman–Crippen MR) is 141 cm³/mol. The highest BCUT2D eigenvalue weighted by Crippen LogP contribution is 2.40. The average Bonchev–Trinajstić information content (AvgIpc) is 2.78. The number of benzene rings is 3. The highest BCUT2D eigenvalue weighted by molar-refractivity contribution is 9.10. The number of hydrogen-bond donors (Lipinski definition) is 2. The molecule has 6 nitrogen and oxygen atoms in total. The highest BCUT2D eigenvalue weighted by Gasteiger charge is 2.47. The highest BCUT2D eigenvalue weighted by atomic mass is 79.9. The summed E-state index contributed by atoms with van der Waals surface area (Å²) in [6.07, 6.45) is 0. The summed E-state index contributed by atoms with van der Waals surface area (Å²) >= 11 is 7.29. The molecule has 0 aliphatic carbocycles. The van der Waals surface area contributed by atoms with Gasteiger partial charge in [0.25, 0.3) is 10.0 Å². The molecule has 0 heterocycles. The van der Waals surface area contributed by atoms with Crippen LogP contribution >= 0.6 is 43.6 Å². The molecule has 3 N–H and O–H groups in total. The van der Waals surface area contributed by atoms with Crippen LogP contribution < -0.4 is 5.14 Å². The lowest BCUT2D eigenvalue weighted by Gasteiger charge is -2.17. The molecule has 0 aliphatic rings. The first-order valence-corrected chi connectivity index (χ1v) is 15.7. The first kappa shape index (κ1) is 30.1. The average molecular weight is 707 g/mol. The number of alkyl halides is 4. The van der Waals surface area contributed by atoms with Crippen LogP contribution in [0.1, 0.15) is 22.3 Å². The van der Waals surface area contributed by atoms with Crippen LogP contribution in [0, 0.1) is 0 Å². The van der Waals surface area contributed by atoms with Crippen molar-refractivity contribution in [2.75, 3.05) is 0 Å². The number of nitrogens with two attached hydrogens (primary N) is 1. The zero-order chi connectivity index (χ0) is 27.8. The van der Waals surface area contributed by atoms with Gasteiger partial charge in [0.05, 0.1) is 11.1 Å². The number of halogens is 6. The third-order valence-corrected chi connectivity index (χ3v) is 9.36. The summed E-state index contributed by atoms with van der Waals surface area (Å²) in [6.45, 7) is 0. The molecule has 0 aliphatic heterocycles. The third kappa shape index (κ3) is 6.57. The summed E-state index contributed by atoms with van der Waals surface area (Å²) < 4.78 is 110. The van der Waals surface area contributed by atoms with Crippen molar-refractivity contribution in [2.45, 2.75) is 22.0 Å². The van der Waals surface area contributed by atoms with Crippen LogP contribution in [0.25, 0.3) is 11.1 Å². The molecule has 15 heteroatoms. The molecule has 0 saturated carbocycles. The lowest BCUT2D eigenvalue weighted by atomic mass is 10.0. The van der Waals surface area contributed by atoms with Crippen LogP contribution in [0.3, 0.4) is 0 Å². The first-order chi connectivity index (χ1) is 16.9. The lowest BCUT2D eigenvalue weighted by Crippen LogP contribution is -2.33. The molecule has 0 fully saturated rings. The van der Waals surface area contributed by atoms with Crippen molar-refractivity contribution in [1.82, 2.24) is 0 Å². The molecule has 3 aromatic carbocycles. The van der Waals surface area contributed by atoms with Gasteiger partial charge in [0.2, 0.25) is 0 Å². The molecule has 200 valence electrons. The summed E-state index contributed by atoms with van der Waals surface area (Å²) in [7, 11) is -10.8. The number of rotatable bonds is 9. The topological polar surface area (TPSA) is 115 Å². The molecule has 0 amide bonds. The number of thioether (sulfide) groups is 1. The van der Waals surface area contributed by atoms with E-state index in [1.807, 2.05) is 0 Å². The van der Waals surface area contributed by atoms with Crippen molar-refractivity contribution in [1.29, 1.82) is 0 Å². The molecule has 0 bridgehead atoms. The second-order valence-corrected chi connectivity index (χ2v) is 13.5. The van der Waals surface area contributed by atoms with E-state index in [-0.39, 0.29) is 8.95 Å². The van der Waals surface area contributed by atoms with E-state index >= 15 is 0 Å². The second kappa shape index (κ2) is 10.9. The van der Waals surface area contributed by atoms with E-state index in [2.05, 4.69) is 31.9 Å². The van der Waals surface area contributed by atoms with E-state index in [0.717, 1.165) is 17.7 Å². The summed E-state index contributed by atoms with van der Waals surface area (Å²) in [5.74, 6) is 0.909. The summed E-state index contributed by atoms with van der Waals surface area (Å²) in [4.78, 5) is 0. The van der Waals surface area contributed by atoms with Gasteiger partial charge in [0.15, 0.2) is 0 Å². The molecule has 37 heavy (non-hydrogen) atoms. The van der Waals surface area contributed by atoms with Gasteiger partial charge in [-0.2, -0.15) is 37.7 Å². The predicted octanol–water partition coefficient (Wildman–Crippen LogP) is 6.59. The second-order valence-electron chi connectivity index (χ2n) is 7.75. The summed E-state index contributed by atoms with van der Waals surface area (Å²) in [5, 5.41) is -4.05. The lowest BCUT2D eigenvalue weighted by molar-refractivity contribution is 0.0782. The minimum absolute atomic E-state index is 0.107. The van der Waals surface area contributed by atoms with Gasteiger partial charge in [-0.05, 0) is 40.5 Å². The van der Waals surface area contributed by atoms with E-state index in [0.29, 0.717) is 28.2 Å². The van der Waals surface area contributed by atoms with Gasteiger partial charge in [0.1, 0.15) is 0 Å². The molecule has 0 spiro atoms. The van der Waals surface area contributed by atoms with Gasteiger partial charge in [-0.25, -0.2) is 13.6 Å². The van der Waals surface area contributed by atoms with Crippen molar-refractivity contribution in [3.8, 4) is 11.1 Å². The third-order valence-electron chi connectivity index (χ3n) is 5.13. The Balaban J connectivity index is 1.70. The Kier molecular flexibility index (Phi) is 8.89. The van der Waals surface area contributed by atoms with Crippen LogP contribution in [0.4, 0.5) is 17.6 Å². The van der Waals surface area contributed by atoms with Crippen molar-refractivity contribution in [3.63, 3.8) is 0 Å². The Morgan fingerprint density at radius 3 is 1.81 bits per heavy atom. The standard InChI is InChI=1S/C22H17Br2F4NO5S3/c23-19-8-6-16(10-18(19)21(25,26)36(29,30)31)15-4-1-13(2-5-15)11-35-12-14-3-7-17(20(24)9-14)22(27,28)37(32,33)34/h1-10H,11-12H2,(H2,29,30,31)(H,32,33,34). The van der Waals surface area contributed by atoms with Crippen LogP contribution in [0.5, 0.6) is 0 Å². The Labute approximate surface area is 231 Å². The van der Waals surface area contributed by atoms with Crippen molar-refractivity contribution in [2.24, 2.45) is 5.14 Å². The van der Waals surface area contributed by atoms with Crippen LogP contribution in [-0.4, -0.2) is 21.4 Å². The number of sulfonamides is 1. The molecule has 3 aromatic rings. The minimum atomic E-state index is -5.63. The molecular weight excluding hydrogens is 690 g/mol. The zero-order valence-electron chi connectivity index (χ0n) is 18.3. The van der Waals surface area contributed by atoms with Crippen LogP contribution in [0.2, 0.25) is 0 Å². The zero-order valence-corrected chi connectivity index (χ0v) is 24.0. The fourth-order valence-corrected chi connectivity index (χ4v) is 6.49. The number of primary sulfonamides is 1. The fraction of sp³-hybridized carbons (Fsp3) is 0.182. The van der Waals surface area contributed by atoms with Crippen LogP contribution in [0.15, 0.2) is 69.6 Å². The maximum atomic E-state index is 14.3. The fourth-order valence-electron chi connectivity index (χ4n) is 3.18. The maximum absolute atomic E-state index is 14.3. The smallest absolute Gasteiger partial charge is 0.281 e. The van der Waals surface area contributed by atoms with E-state index in [1.165, 1.54) is 30.0 Å². The van der Waals surface area contributed by atoms with Gasteiger partial charge in [-0.1, -0.05) is 74.3 Å². The summed E-state index contributed by atoms with van der Waals surface area (Å²) in [5.41, 5.74) is 0.756. The van der Waals surface area contributed by atoms with Crippen molar-refractivity contribution < 1.29 is 39.0 Å². The summed E-state index contributed by atoms with van der Waals surface area (Å²) in [6, 6.07) is 14.4. The Morgan fingerprint density at radius 1 is 0.730 bits per heavy atom. The molecule has 0 saturated heterocycles. The van der Waals surface area contributed by atoms with Gasteiger partial charge in [-0.15, -0.1) is 0 Å². The van der Waals surface area contributed by atoms with Gasteiger partial charge < -0.3 is 0 Å². The van der Waals surface area contributed by atoms with E-state index < -0.39 is 41.8 Å². The quantitative estimate of drug-likeness (QED) is 0.192. The Hall–Kier alpha value is -1.49. The van der Waals surface area contributed by atoms with Gasteiger partial charge in [0, 0.05) is 20.5 Å². The van der Waals surface area contributed by atoms with E-state index in [9.17, 15) is 34.4 Å². The molecule has 0 radical (unpaired) electrons. The largest absolute Gasteiger partial charge is 0.396 e. The minimum Gasteiger partial charge on any atom is -0.281 e. The molecular formula is C22H17Br2F4NO5S3. The monoisotopic (exact) mass is 705 g/mol. The van der Waals surface area contributed by atoms with Gasteiger partial charge in [-0.3, -0.25) is 4.55 Å². The SMILES string of the molecule is NS(=O)(=O)C(F)(F)c1cc(-c2ccc(CSCc3ccc(C(F)(F)S(=O)(=O)O)c(Br)c3)cc2)ccc1Br. The van der Waals surface area contributed by atoms with Crippen molar-refractivity contribution >= 4 is 63.8 Å². The maximum Gasteiger partial charge on any atom is 0.396 e. The molecule has 0 atom stereocenters. The van der Waals surface area contributed by atoms with Crippen molar-refractivity contribution in [3.05, 3.63) is 91.9 Å². The van der Waals surface area contributed by atoms with Gasteiger partial charge >= 0.3 is 20.6 Å². The Morgan fingerprint density at radius 2 is 1.27 bits per heavy atom. The molecule has 0 unspecified atom stereocenters. The molecule has 3 rings (SSSR count). The van der Waals surface area contributed by atoms with E-state index in [1.54, 1.807) is 30.3 Å².